The molecule has 0 bridgehead atoms. The number of amides is 2. The summed E-state index contributed by atoms with van der Waals surface area (Å²) >= 11 is 5.99. The number of carbonyl (C=O) groups is 2. The average Bonchev–Trinajstić information content (AvgIpc) is 2.69. The second-order valence-electron chi connectivity index (χ2n) is 4.96. The Morgan fingerprint density at radius 2 is 1.57 bits per heavy atom. The van der Waals surface area contributed by atoms with Crippen molar-refractivity contribution in [2.45, 2.75) is 13.8 Å². The molecule has 0 spiro atoms. The maximum atomic E-state index is 11.7. The van der Waals surface area contributed by atoms with E-state index in [4.69, 9.17) is 16.3 Å². The van der Waals surface area contributed by atoms with Crippen molar-refractivity contribution in [1.29, 1.82) is 0 Å². The number of hydrogen-bond donors (Lipinski definition) is 1. The lowest BCUT2D eigenvalue weighted by atomic mass is 10.1. The first-order chi connectivity index (χ1) is 9.95. The Kier molecular flexibility index (Phi) is 3.18. The first kappa shape index (κ1) is 13.6. The van der Waals surface area contributed by atoms with Crippen molar-refractivity contribution in [2.24, 2.45) is 0 Å². The third-order valence-electron chi connectivity index (χ3n) is 3.35. The molecule has 3 rings (SSSR count). The molecule has 0 unspecified atom stereocenters. The molecule has 4 nitrogen and oxygen atoms in total. The zero-order valence-electron chi connectivity index (χ0n) is 11.5. The van der Waals surface area contributed by atoms with Gasteiger partial charge in [0.1, 0.15) is 11.5 Å². The fourth-order valence-corrected chi connectivity index (χ4v) is 2.71. The molecule has 2 aromatic carbocycles. The largest absolute Gasteiger partial charge is 0.457 e. The lowest BCUT2D eigenvalue weighted by Crippen LogP contribution is -2.19. The molecule has 5 heteroatoms. The predicted octanol–water partition coefficient (Wildman–Crippen LogP) is 3.63. The summed E-state index contributed by atoms with van der Waals surface area (Å²) in [6.45, 7) is 3.80. The summed E-state index contributed by atoms with van der Waals surface area (Å²) in [6.07, 6.45) is 0. The van der Waals surface area contributed by atoms with E-state index in [1.807, 2.05) is 26.0 Å². The highest BCUT2D eigenvalue weighted by molar-refractivity contribution is 6.30. The SMILES string of the molecule is Cc1cc(Cl)cc(C)c1Oc1ccc2c(c1)C(=O)NC2=O. The van der Waals surface area contributed by atoms with Crippen molar-refractivity contribution in [2.75, 3.05) is 0 Å². The van der Waals surface area contributed by atoms with Gasteiger partial charge < -0.3 is 4.74 Å². The van der Waals surface area contributed by atoms with Crippen LogP contribution in [0.5, 0.6) is 11.5 Å². The molecule has 1 N–H and O–H groups in total. The highest BCUT2D eigenvalue weighted by atomic mass is 35.5. The van der Waals surface area contributed by atoms with E-state index in [9.17, 15) is 9.59 Å². The van der Waals surface area contributed by atoms with Crippen LogP contribution in [0.3, 0.4) is 0 Å². The molecule has 0 aliphatic carbocycles. The van der Waals surface area contributed by atoms with Gasteiger partial charge in [0.05, 0.1) is 11.1 Å². The van der Waals surface area contributed by atoms with Crippen molar-refractivity contribution in [3.8, 4) is 11.5 Å². The number of halogens is 1. The van der Waals surface area contributed by atoms with Gasteiger partial charge in [-0.2, -0.15) is 0 Å². The maximum absolute atomic E-state index is 11.7. The van der Waals surface area contributed by atoms with Gasteiger partial charge in [-0.15, -0.1) is 0 Å². The van der Waals surface area contributed by atoms with Crippen LogP contribution < -0.4 is 10.1 Å². The molecule has 1 aliphatic heterocycles. The van der Waals surface area contributed by atoms with E-state index < -0.39 is 5.91 Å². The van der Waals surface area contributed by atoms with Gasteiger partial charge in [-0.25, -0.2) is 0 Å². The molecular weight excluding hydrogens is 290 g/mol. The molecular formula is C16H12ClNO3. The van der Waals surface area contributed by atoms with Gasteiger partial charge in [0.15, 0.2) is 0 Å². The van der Waals surface area contributed by atoms with E-state index in [2.05, 4.69) is 5.32 Å². The summed E-state index contributed by atoms with van der Waals surface area (Å²) in [5.41, 5.74) is 2.51. The van der Waals surface area contributed by atoms with Crippen LogP contribution in [-0.2, 0) is 0 Å². The third-order valence-corrected chi connectivity index (χ3v) is 3.57. The zero-order valence-corrected chi connectivity index (χ0v) is 12.2. The van der Waals surface area contributed by atoms with Crippen molar-refractivity contribution < 1.29 is 14.3 Å². The van der Waals surface area contributed by atoms with Crippen molar-refractivity contribution in [3.63, 3.8) is 0 Å². The Bertz CT molecular complexity index is 760. The summed E-state index contributed by atoms with van der Waals surface area (Å²) in [5.74, 6) is 0.432. The summed E-state index contributed by atoms with van der Waals surface area (Å²) in [4.78, 5) is 23.2. The predicted molar refractivity (Wildman–Crippen MR) is 79.2 cm³/mol. The summed E-state index contributed by atoms with van der Waals surface area (Å²) in [6, 6.07) is 8.46. The topological polar surface area (TPSA) is 55.4 Å². The minimum atomic E-state index is -0.398. The monoisotopic (exact) mass is 301 g/mol. The molecule has 0 fully saturated rings. The van der Waals surface area contributed by atoms with Crippen LogP contribution in [-0.4, -0.2) is 11.8 Å². The number of carbonyl (C=O) groups excluding carboxylic acids is 2. The number of rotatable bonds is 2. The Hall–Kier alpha value is -2.33. The molecule has 1 aliphatic rings. The molecule has 2 amide bonds. The van der Waals surface area contributed by atoms with Gasteiger partial charge in [-0.05, 0) is 55.3 Å². The van der Waals surface area contributed by atoms with Crippen molar-refractivity contribution >= 4 is 23.4 Å². The van der Waals surface area contributed by atoms with Crippen LogP contribution in [0.1, 0.15) is 31.8 Å². The Morgan fingerprint density at radius 1 is 0.952 bits per heavy atom. The Morgan fingerprint density at radius 3 is 2.24 bits per heavy atom. The van der Waals surface area contributed by atoms with Crippen LogP contribution in [0.2, 0.25) is 5.02 Å². The quantitative estimate of drug-likeness (QED) is 0.862. The number of aryl methyl sites for hydroxylation is 2. The fourth-order valence-electron chi connectivity index (χ4n) is 2.39. The summed E-state index contributed by atoms with van der Waals surface area (Å²) in [7, 11) is 0. The van der Waals surface area contributed by atoms with Crippen LogP contribution in [0.25, 0.3) is 0 Å². The standard InChI is InChI=1S/C16H12ClNO3/c1-8-5-10(17)6-9(2)14(8)21-11-3-4-12-13(7-11)16(20)18-15(12)19/h3-7H,1-2H3,(H,18,19,20). The van der Waals surface area contributed by atoms with E-state index in [1.165, 1.54) is 0 Å². The van der Waals surface area contributed by atoms with E-state index in [1.54, 1.807) is 18.2 Å². The molecule has 0 radical (unpaired) electrons. The van der Waals surface area contributed by atoms with Crippen molar-refractivity contribution in [1.82, 2.24) is 5.32 Å². The maximum Gasteiger partial charge on any atom is 0.259 e. The molecule has 0 atom stereocenters. The van der Waals surface area contributed by atoms with Crippen LogP contribution in [0.4, 0.5) is 0 Å². The van der Waals surface area contributed by atoms with Gasteiger partial charge in [0.2, 0.25) is 0 Å². The highest BCUT2D eigenvalue weighted by Crippen LogP contribution is 2.32. The van der Waals surface area contributed by atoms with Crippen LogP contribution in [0, 0.1) is 13.8 Å². The minimum Gasteiger partial charge on any atom is -0.457 e. The number of ether oxygens (including phenoxy) is 1. The molecule has 0 saturated heterocycles. The van der Waals surface area contributed by atoms with Crippen molar-refractivity contribution in [3.05, 3.63) is 57.6 Å². The smallest absolute Gasteiger partial charge is 0.259 e. The van der Waals surface area contributed by atoms with Gasteiger partial charge in [-0.1, -0.05) is 11.6 Å². The average molecular weight is 302 g/mol. The Balaban J connectivity index is 1.99. The fraction of sp³-hybridized carbons (Fsp3) is 0.125. The molecule has 0 aromatic heterocycles. The first-order valence-corrected chi connectivity index (χ1v) is 6.78. The normalized spacial score (nSPS) is 13.1. The van der Waals surface area contributed by atoms with E-state index in [-0.39, 0.29) is 5.91 Å². The van der Waals surface area contributed by atoms with E-state index >= 15 is 0 Å². The lowest BCUT2D eigenvalue weighted by molar-refractivity contribution is 0.0879. The number of hydrogen-bond acceptors (Lipinski definition) is 3. The number of nitrogens with one attached hydrogen (secondary N) is 1. The number of benzene rings is 2. The number of imide groups is 1. The van der Waals surface area contributed by atoms with Gasteiger partial charge in [-0.3, -0.25) is 14.9 Å². The van der Waals surface area contributed by atoms with Crippen LogP contribution >= 0.6 is 11.6 Å². The minimum absolute atomic E-state index is 0.335. The van der Waals surface area contributed by atoms with Gasteiger partial charge in [0.25, 0.3) is 11.8 Å². The Labute approximate surface area is 126 Å². The van der Waals surface area contributed by atoms with Gasteiger partial charge >= 0.3 is 0 Å². The van der Waals surface area contributed by atoms with Crippen LogP contribution in [0.15, 0.2) is 30.3 Å². The van der Waals surface area contributed by atoms with Gasteiger partial charge in [0, 0.05) is 5.02 Å². The van der Waals surface area contributed by atoms with E-state index in [0.717, 1.165) is 11.1 Å². The third kappa shape index (κ3) is 2.38. The summed E-state index contributed by atoms with van der Waals surface area (Å²) < 4.78 is 5.85. The molecule has 2 aromatic rings. The molecule has 1 heterocycles. The zero-order chi connectivity index (χ0) is 15.1. The lowest BCUT2D eigenvalue weighted by Gasteiger charge is -2.12. The second-order valence-corrected chi connectivity index (χ2v) is 5.40. The first-order valence-electron chi connectivity index (χ1n) is 6.40. The number of fused-ring (bicyclic) bond motifs is 1. The molecule has 21 heavy (non-hydrogen) atoms. The van der Waals surface area contributed by atoms with E-state index in [0.29, 0.717) is 27.6 Å². The second kappa shape index (κ2) is 4.90. The highest BCUT2D eigenvalue weighted by Gasteiger charge is 2.27. The molecule has 0 saturated carbocycles. The molecule has 106 valence electrons. The summed E-state index contributed by atoms with van der Waals surface area (Å²) in [5, 5.41) is 2.90.